The molecule has 74 valence electrons. The SMILES string of the molecule is CN(C(=O)O)C(C=O)c1cnccn1. The minimum absolute atomic E-state index is 0.312. The van der Waals surface area contributed by atoms with Crippen molar-refractivity contribution in [1.29, 1.82) is 0 Å². The fraction of sp³-hybridized carbons (Fsp3) is 0.250. The van der Waals surface area contributed by atoms with Crippen molar-refractivity contribution >= 4 is 12.4 Å². The molecule has 1 amide bonds. The predicted octanol–water partition coefficient (Wildman–Crippen LogP) is 0.326. The van der Waals surface area contributed by atoms with Crippen molar-refractivity contribution in [2.24, 2.45) is 0 Å². The fourth-order valence-corrected chi connectivity index (χ4v) is 0.942. The molecule has 1 aromatic heterocycles. The van der Waals surface area contributed by atoms with Crippen LogP contribution in [0.2, 0.25) is 0 Å². The number of carbonyl (C=O) groups is 2. The maximum atomic E-state index is 10.7. The number of nitrogens with zero attached hydrogens (tertiary/aromatic N) is 3. The molecule has 6 heteroatoms. The van der Waals surface area contributed by atoms with E-state index in [4.69, 9.17) is 5.11 Å². The molecule has 1 atom stereocenters. The highest BCUT2D eigenvalue weighted by Crippen LogP contribution is 2.12. The van der Waals surface area contributed by atoms with Gasteiger partial charge >= 0.3 is 6.09 Å². The van der Waals surface area contributed by atoms with Crippen molar-refractivity contribution in [3.8, 4) is 0 Å². The van der Waals surface area contributed by atoms with Crippen LogP contribution in [0.15, 0.2) is 18.6 Å². The van der Waals surface area contributed by atoms with E-state index in [0.717, 1.165) is 4.90 Å². The topological polar surface area (TPSA) is 83.4 Å². The van der Waals surface area contributed by atoms with Gasteiger partial charge in [0.25, 0.3) is 0 Å². The minimum Gasteiger partial charge on any atom is -0.465 e. The molecule has 1 N–H and O–H groups in total. The van der Waals surface area contributed by atoms with Crippen molar-refractivity contribution in [2.45, 2.75) is 6.04 Å². The summed E-state index contributed by atoms with van der Waals surface area (Å²) in [4.78, 5) is 29.8. The molecule has 0 fully saturated rings. The summed E-state index contributed by atoms with van der Waals surface area (Å²) < 4.78 is 0. The van der Waals surface area contributed by atoms with Crippen molar-refractivity contribution in [3.05, 3.63) is 24.3 Å². The van der Waals surface area contributed by atoms with Gasteiger partial charge < -0.3 is 9.90 Å². The molecule has 1 unspecified atom stereocenters. The molecule has 1 rings (SSSR count). The third-order valence-electron chi connectivity index (χ3n) is 1.73. The zero-order valence-electron chi connectivity index (χ0n) is 7.49. The monoisotopic (exact) mass is 195 g/mol. The smallest absolute Gasteiger partial charge is 0.407 e. The quantitative estimate of drug-likeness (QED) is 0.702. The highest BCUT2D eigenvalue weighted by molar-refractivity contribution is 5.72. The predicted molar refractivity (Wildman–Crippen MR) is 46.6 cm³/mol. The number of amides is 1. The maximum absolute atomic E-state index is 10.7. The number of carboxylic acid groups (broad SMARTS) is 1. The molecule has 0 spiro atoms. The van der Waals surface area contributed by atoms with Crippen LogP contribution in [0, 0.1) is 0 Å². The van der Waals surface area contributed by atoms with E-state index in [0.29, 0.717) is 12.0 Å². The van der Waals surface area contributed by atoms with Gasteiger partial charge in [-0.1, -0.05) is 0 Å². The van der Waals surface area contributed by atoms with Crippen molar-refractivity contribution in [1.82, 2.24) is 14.9 Å². The summed E-state index contributed by atoms with van der Waals surface area (Å²) in [5, 5.41) is 8.66. The molecule has 0 saturated carbocycles. The summed E-state index contributed by atoms with van der Waals surface area (Å²) >= 11 is 0. The lowest BCUT2D eigenvalue weighted by atomic mass is 10.2. The largest absolute Gasteiger partial charge is 0.465 e. The molecule has 0 aliphatic carbocycles. The Bertz CT molecular complexity index is 328. The van der Waals surface area contributed by atoms with Crippen LogP contribution in [-0.2, 0) is 4.79 Å². The molecule has 6 nitrogen and oxygen atoms in total. The van der Waals surface area contributed by atoms with Gasteiger partial charge in [0.15, 0.2) is 0 Å². The van der Waals surface area contributed by atoms with Gasteiger partial charge in [-0.25, -0.2) is 4.79 Å². The second-order valence-corrected chi connectivity index (χ2v) is 2.60. The normalized spacial score (nSPS) is 11.8. The third kappa shape index (κ3) is 2.03. The van der Waals surface area contributed by atoms with Crippen LogP contribution in [-0.4, -0.2) is 39.4 Å². The summed E-state index contributed by atoms with van der Waals surface area (Å²) in [5.41, 5.74) is 0.312. The number of rotatable bonds is 3. The van der Waals surface area contributed by atoms with Gasteiger partial charge in [0.05, 0.1) is 11.9 Å². The average Bonchev–Trinajstić information content (AvgIpc) is 2.20. The van der Waals surface area contributed by atoms with Crippen molar-refractivity contribution < 1.29 is 14.7 Å². The minimum atomic E-state index is -1.19. The molecule has 0 aromatic carbocycles. The summed E-state index contributed by atoms with van der Waals surface area (Å²) in [6.45, 7) is 0. The molecule has 14 heavy (non-hydrogen) atoms. The standard InChI is InChI=1S/C8H9N3O3/c1-11(8(13)14)7(5-12)6-4-9-2-3-10-6/h2-5,7H,1H3,(H,13,14). The lowest BCUT2D eigenvalue weighted by Gasteiger charge is -2.19. The molecule has 1 aromatic rings. The number of aromatic nitrogens is 2. The molecule has 1 heterocycles. The van der Waals surface area contributed by atoms with E-state index in [-0.39, 0.29) is 0 Å². The van der Waals surface area contributed by atoms with Crippen LogP contribution >= 0.6 is 0 Å². The van der Waals surface area contributed by atoms with Gasteiger partial charge in [-0.2, -0.15) is 0 Å². The molecule has 0 aliphatic rings. The van der Waals surface area contributed by atoms with Crippen LogP contribution in [0.25, 0.3) is 0 Å². The third-order valence-corrected chi connectivity index (χ3v) is 1.73. The van der Waals surface area contributed by atoms with E-state index in [1.807, 2.05) is 0 Å². The van der Waals surface area contributed by atoms with Crippen LogP contribution < -0.4 is 0 Å². The lowest BCUT2D eigenvalue weighted by molar-refractivity contribution is -0.111. The molecule has 0 radical (unpaired) electrons. The zero-order chi connectivity index (χ0) is 10.6. The summed E-state index contributed by atoms with van der Waals surface area (Å²) in [7, 11) is 1.30. The van der Waals surface area contributed by atoms with Gasteiger partial charge in [0, 0.05) is 19.4 Å². The molecular weight excluding hydrogens is 186 g/mol. The Morgan fingerprint density at radius 3 is 2.79 bits per heavy atom. The van der Waals surface area contributed by atoms with E-state index in [2.05, 4.69) is 9.97 Å². The molecule has 0 saturated heterocycles. The molecule has 0 bridgehead atoms. The molecule has 0 aliphatic heterocycles. The first-order valence-electron chi connectivity index (χ1n) is 3.83. The number of likely N-dealkylation sites (N-methyl/N-ethyl adjacent to an activating group) is 1. The van der Waals surface area contributed by atoms with Gasteiger partial charge in [0.1, 0.15) is 12.3 Å². The van der Waals surface area contributed by atoms with Crippen LogP contribution in [0.5, 0.6) is 0 Å². The summed E-state index contributed by atoms with van der Waals surface area (Å²) in [6.07, 6.45) is 3.54. The number of aldehydes is 1. The molecular formula is C8H9N3O3. The fourth-order valence-electron chi connectivity index (χ4n) is 0.942. The first-order valence-corrected chi connectivity index (χ1v) is 3.83. The van der Waals surface area contributed by atoms with Crippen molar-refractivity contribution in [2.75, 3.05) is 7.05 Å². The lowest BCUT2D eigenvalue weighted by Crippen LogP contribution is -2.31. The Labute approximate surface area is 80.2 Å². The van der Waals surface area contributed by atoms with Gasteiger partial charge in [-0.3, -0.25) is 14.9 Å². The van der Waals surface area contributed by atoms with Crippen LogP contribution in [0.4, 0.5) is 4.79 Å². The van der Waals surface area contributed by atoms with Gasteiger partial charge in [-0.15, -0.1) is 0 Å². The Hall–Kier alpha value is -1.98. The zero-order valence-corrected chi connectivity index (χ0v) is 7.49. The first-order chi connectivity index (χ1) is 6.66. The number of carbonyl (C=O) groups excluding carboxylic acids is 1. The Morgan fingerprint density at radius 2 is 2.36 bits per heavy atom. The Morgan fingerprint density at radius 1 is 1.64 bits per heavy atom. The second kappa shape index (κ2) is 4.31. The van der Waals surface area contributed by atoms with E-state index >= 15 is 0 Å². The van der Waals surface area contributed by atoms with E-state index in [9.17, 15) is 9.59 Å². The first kappa shape index (κ1) is 10.1. The van der Waals surface area contributed by atoms with Crippen LogP contribution in [0.3, 0.4) is 0 Å². The van der Waals surface area contributed by atoms with E-state index in [1.54, 1.807) is 0 Å². The van der Waals surface area contributed by atoms with E-state index < -0.39 is 12.1 Å². The Balaban J connectivity index is 2.93. The highest BCUT2D eigenvalue weighted by atomic mass is 16.4. The number of hydrogen-bond acceptors (Lipinski definition) is 4. The Kier molecular flexibility index (Phi) is 3.11. The maximum Gasteiger partial charge on any atom is 0.407 e. The summed E-state index contributed by atoms with van der Waals surface area (Å²) in [5.74, 6) is 0. The average molecular weight is 195 g/mol. The number of hydrogen-bond donors (Lipinski definition) is 1. The van der Waals surface area contributed by atoms with E-state index in [1.165, 1.54) is 25.6 Å². The van der Waals surface area contributed by atoms with Crippen molar-refractivity contribution in [3.63, 3.8) is 0 Å². The van der Waals surface area contributed by atoms with Crippen LogP contribution in [0.1, 0.15) is 11.7 Å². The summed E-state index contributed by atoms with van der Waals surface area (Å²) in [6, 6.07) is -0.902. The second-order valence-electron chi connectivity index (χ2n) is 2.60. The highest BCUT2D eigenvalue weighted by Gasteiger charge is 2.21. The van der Waals surface area contributed by atoms with Gasteiger partial charge in [0.2, 0.25) is 0 Å². The van der Waals surface area contributed by atoms with Gasteiger partial charge in [-0.05, 0) is 0 Å².